The van der Waals surface area contributed by atoms with Crippen LogP contribution in [0.1, 0.15) is 37.0 Å². The van der Waals surface area contributed by atoms with E-state index in [-0.39, 0.29) is 27.4 Å². The van der Waals surface area contributed by atoms with E-state index < -0.39 is 10.0 Å². The van der Waals surface area contributed by atoms with Gasteiger partial charge in [-0.15, -0.1) is 0 Å². The van der Waals surface area contributed by atoms with E-state index in [1.54, 1.807) is 24.3 Å². The second-order valence-corrected chi connectivity index (χ2v) is 9.72. The summed E-state index contributed by atoms with van der Waals surface area (Å²) >= 11 is 6.15. The van der Waals surface area contributed by atoms with Crippen LogP contribution in [0.3, 0.4) is 0 Å². The molecular weight excluding hydrogens is 438 g/mol. The Morgan fingerprint density at radius 3 is 2.52 bits per heavy atom. The van der Waals surface area contributed by atoms with Crippen molar-refractivity contribution in [3.63, 3.8) is 0 Å². The average molecular weight is 466 g/mol. The largest absolute Gasteiger partial charge is 0.494 e. The number of carbonyl (C=O) groups is 1. The van der Waals surface area contributed by atoms with E-state index in [1.165, 1.54) is 31.0 Å². The summed E-state index contributed by atoms with van der Waals surface area (Å²) in [5, 5.41) is 2.91. The molecule has 0 bridgehead atoms. The Morgan fingerprint density at radius 1 is 1.23 bits per heavy atom. The van der Waals surface area contributed by atoms with E-state index in [2.05, 4.69) is 21.9 Å². The third-order valence-corrected chi connectivity index (χ3v) is 7.14. The fourth-order valence-corrected chi connectivity index (χ4v) is 4.76. The zero-order valence-corrected chi connectivity index (χ0v) is 19.5. The van der Waals surface area contributed by atoms with Crippen LogP contribution in [0.2, 0.25) is 5.02 Å². The Hall–Kier alpha value is -2.29. The van der Waals surface area contributed by atoms with Gasteiger partial charge < -0.3 is 10.1 Å². The molecule has 0 radical (unpaired) electrons. The fourth-order valence-electron chi connectivity index (χ4n) is 3.17. The van der Waals surface area contributed by atoms with Crippen molar-refractivity contribution >= 4 is 33.2 Å². The van der Waals surface area contributed by atoms with E-state index in [4.69, 9.17) is 16.3 Å². The van der Waals surface area contributed by atoms with Gasteiger partial charge in [-0.2, -0.15) is 0 Å². The number of hydrogen-bond donors (Lipinski definition) is 2. The van der Waals surface area contributed by atoms with Gasteiger partial charge in [0.25, 0.3) is 15.9 Å². The van der Waals surface area contributed by atoms with Crippen LogP contribution >= 0.6 is 11.6 Å². The molecule has 0 aliphatic heterocycles. The van der Waals surface area contributed by atoms with Gasteiger partial charge >= 0.3 is 0 Å². The van der Waals surface area contributed by atoms with Crippen LogP contribution in [0.15, 0.2) is 47.4 Å². The minimum absolute atomic E-state index is 0.0387. The summed E-state index contributed by atoms with van der Waals surface area (Å²) in [6.45, 7) is 4.91. The zero-order chi connectivity index (χ0) is 22.6. The normalized spacial score (nSPS) is 14.9. The number of hydrogen-bond acceptors (Lipinski definition) is 5. The first kappa shape index (κ1) is 23.4. The van der Waals surface area contributed by atoms with Gasteiger partial charge in [0.2, 0.25) is 0 Å². The zero-order valence-electron chi connectivity index (χ0n) is 17.9. The number of nitrogens with one attached hydrogen (secondary N) is 2. The molecule has 168 valence electrons. The molecule has 1 atom stereocenters. The average Bonchev–Trinajstić information content (AvgIpc) is 3.58. The quantitative estimate of drug-likeness (QED) is 0.558. The molecule has 1 unspecified atom stereocenters. The molecule has 31 heavy (non-hydrogen) atoms. The third kappa shape index (κ3) is 6.12. The second kappa shape index (κ2) is 9.89. The van der Waals surface area contributed by atoms with Gasteiger partial charge in [0.05, 0.1) is 11.6 Å². The molecule has 2 aromatic rings. The van der Waals surface area contributed by atoms with E-state index in [1.807, 2.05) is 14.0 Å². The van der Waals surface area contributed by atoms with Crippen LogP contribution in [0.5, 0.6) is 5.75 Å². The molecule has 2 aromatic carbocycles. The monoisotopic (exact) mass is 465 g/mol. The van der Waals surface area contributed by atoms with Crippen LogP contribution in [0.25, 0.3) is 0 Å². The Morgan fingerprint density at radius 2 is 1.90 bits per heavy atom. The molecule has 1 amide bonds. The highest BCUT2D eigenvalue weighted by molar-refractivity contribution is 7.92. The van der Waals surface area contributed by atoms with Crippen molar-refractivity contribution in [3.05, 3.63) is 53.1 Å². The van der Waals surface area contributed by atoms with Gasteiger partial charge in [-0.3, -0.25) is 14.4 Å². The van der Waals surface area contributed by atoms with Gasteiger partial charge in [-0.25, -0.2) is 8.42 Å². The number of carbonyl (C=O) groups excluding carboxylic acids is 1. The van der Waals surface area contributed by atoms with Crippen molar-refractivity contribution in [2.24, 2.45) is 0 Å². The molecule has 9 heteroatoms. The highest BCUT2D eigenvalue weighted by Crippen LogP contribution is 2.27. The van der Waals surface area contributed by atoms with Crippen LogP contribution in [-0.2, 0) is 10.0 Å². The molecule has 1 aliphatic rings. The molecule has 0 aromatic heterocycles. The number of amides is 1. The SMILES string of the molecule is CCOc1ccc(NS(=O)(=O)c2cc(C(=O)NCC(C)N(C)C3CC3)ccc2Cl)cc1. The molecule has 2 N–H and O–H groups in total. The van der Waals surface area contributed by atoms with Gasteiger partial charge in [-0.05, 0) is 76.2 Å². The van der Waals surface area contributed by atoms with Crippen molar-refractivity contribution in [3.8, 4) is 5.75 Å². The number of rotatable bonds is 10. The Balaban J connectivity index is 1.70. The molecule has 3 rings (SSSR count). The Bertz CT molecular complexity index is 1020. The topological polar surface area (TPSA) is 87.7 Å². The number of nitrogens with zero attached hydrogens (tertiary/aromatic N) is 1. The molecule has 1 saturated carbocycles. The van der Waals surface area contributed by atoms with Gasteiger partial charge in [0.1, 0.15) is 10.6 Å². The maximum atomic E-state index is 12.9. The first-order valence-electron chi connectivity index (χ1n) is 10.3. The lowest BCUT2D eigenvalue weighted by molar-refractivity contribution is 0.0939. The maximum Gasteiger partial charge on any atom is 0.263 e. The number of anilines is 1. The first-order valence-corrected chi connectivity index (χ1v) is 12.1. The summed E-state index contributed by atoms with van der Waals surface area (Å²) in [6, 6.07) is 11.6. The van der Waals surface area contributed by atoms with Crippen molar-refractivity contribution in [1.29, 1.82) is 0 Å². The lowest BCUT2D eigenvalue weighted by atomic mass is 10.2. The Kier molecular flexibility index (Phi) is 7.46. The molecule has 7 nitrogen and oxygen atoms in total. The molecular formula is C22H28ClN3O4S. The first-order chi connectivity index (χ1) is 14.7. The lowest BCUT2D eigenvalue weighted by Crippen LogP contribution is -2.41. The highest BCUT2D eigenvalue weighted by Gasteiger charge is 2.29. The minimum Gasteiger partial charge on any atom is -0.494 e. The summed E-state index contributed by atoms with van der Waals surface area (Å²) in [4.78, 5) is 14.7. The van der Waals surface area contributed by atoms with Crippen LogP contribution in [0.4, 0.5) is 5.69 Å². The van der Waals surface area contributed by atoms with Crippen LogP contribution in [0, 0.1) is 0 Å². The molecule has 0 heterocycles. The minimum atomic E-state index is -3.98. The summed E-state index contributed by atoms with van der Waals surface area (Å²) in [5.41, 5.74) is 0.601. The standard InChI is InChI=1S/C22H28ClN3O4S/c1-4-30-19-10-6-17(7-11-19)25-31(28,29)21-13-16(5-12-20(21)23)22(27)24-14-15(2)26(3)18-8-9-18/h5-7,10-13,15,18,25H,4,8-9,14H2,1-3H3,(H,24,27). The van der Waals surface area contributed by atoms with Gasteiger partial charge in [0, 0.05) is 29.9 Å². The predicted molar refractivity (Wildman–Crippen MR) is 122 cm³/mol. The highest BCUT2D eigenvalue weighted by atomic mass is 35.5. The number of sulfonamides is 1. The lowest BCUT2D eigenvalue weighted by Gasteiger charge is -2.24. The smallest absolute Gasteiger partial charge is 0.263 e. The molecule has 0 spiro atoms. The van der Waals surface area contributed by atoms with Crippen molar-refractivity contribution in [2.75, 3.05) is 24.9 Å². The molecule has 0 saturated heterocycles. The van der Waals surface area contributed by atoms with Crippen molar-refractivity contribution in [2.45, 2.75) is 43.7 Å². The molecule has 1 aliphatic carbocycles. The summed E-state index contributed by atoms with van der Waals surface area (Å²) in [6.07, 6.45) is 2.38. The second-order valence-electron chi connectivity index (χ2n) is 7.66. The van der Waals surface area contributed by atoms with E-state index in [0.29, 0.717) is 30.6 Å². The van der Waals surface area contributed by atoms with E-state index >= 15 is 0 Å². The third-order valence-electron chi connectivity index (χ3n) is 5.28. The van der Waals surface area contributed by atoms with E-state index in [0.717, 1.165) is 0 Å². The predicted octanol–water partition coefficient (Wildman–Crippen LogP) is 3.75. The fraction of sp³-hybridized carbons (Fsp3) is 0.409. The summed E-state index contributed by atoms with van der Waals surface area (Å²) in [7, 11) is -1.93. The van der Waals surface area contributed by atoms with Crippen molar-refractivity contribution in [1.82, 2.24) is 10.2 Å². The van der Waals surface area contributed by atoms with Crippen molar-refractivity contribution < 1.29 is 17.9 Å². The maximum absolute atomic E-state index is 12.9. The summed E-state index contributed by atoms with van der Waals surface area (Å²) in [5.74, 6) is 0.300. The number of halogens is 1. The van der Waals surface area contributed by atoms with Gasteiger partial charge in [-0.1, -0.05) is 11.6 Å². The van der Waals surface area contributed by atoms with Crippen LogP contribution in [-0.4, -0.2) is 51.5 Å². The Labute approximate surface area is 188 Å². The van der Waals surface area contributed by atoms with Gasteiger partial charge in [0.15, 0.2) is 0 Å². The van der Waals surface area contributed by atoms with E-state index in [9.17, 15) is 13.2 Å². The summed E-state index contributed by atoms with van der Waals surface area (Å²) < 4.78 is 33.6. The van der Waals surface area contributed by atoms with Crippen LogP contribution < -0.4 is 14.8 Å². The number of ether oxygens (including phenoxy) is 1. The number of benzene rings is 2. The molecule has 1 fully saturated rings. The number of likely N-dealkylation sites (N-methyl/N-ethyl adjacent to an activating group) is 1.